The summed E-state index contributed by atoms with van der Waals surface area (Å²) in [4.78, 5) is 10.5. The summed E-state index contributed by atoms with van der Waals surface area (Å²) in [6.45, 7) is 3.99. The highest BCUT2D eigenvalue weighted by Crippen LogP contribution is 2.34. The lowest BCUT2D eigenvalue weighted by Gasteiger charge is -2.15. The van der Waals surface area contributed by atoms with Crippen LogP contribution in [0.2, 0.25) is 5.02 Å². The van der Waals surface area contributed by atoms with Crippen molar-refractivity contribution < 1.29 is 14.6 Å². The third-order valence-electron chi connectivity index (χ3n) is 2.90. The number of ether oxygens (including phenoxy) is 1. The van der Waals surface area contributed by atoms with Crippen LogP contribution in [0.5, 0.6) is 5.75 Å². The fourth-order valence-electron chi connectivity index (χ4n) is 1.85. The molecular formula is C13H17ClO3. The van der Waals surface area contributed by atoms with E-state index in [-0.39, 0.29) is 6.42 Å². The van der Waals surface area contributed by atoms with Crippen LogP contribution in [-0.2, 0) is 11.2 Å². The first kappa shape index (κ1) is 13.8. The SMILES string of the molecule is COc1c(Cl)cc(C)c(C)c1CCCC(=O)O. The Hall–Kier alpha value is -1.22. The highest BCUT2D eigenvalue weighted by atomic mass is 35.5. The highest BCUT2D eigenvalue weighted by Gasteiger charge is 2.13. The van der Waals surface area contributed by atoms with Crippen LogP contribution in [-0.4, -0.2) is 18.2 Å². The van der Waals surface area contributed by atoms with Crippen molar-refractivity contribution in [2.45, 2.75) is 33.1 Å². The van der Waals surface area contributed by atoms with E-state index in [2.05, 4.69) is 0 Å². The second-order valence-electron chi connectivity index (χ2n) is 4.06. The molecule has 1 aromatic rings. The molecule has 0 atom stereocenters. The Kier molecular flexibility index (Phi) is 4.82. The number of rotatable bonds is 5. The molecule has 3 nitrogen and oxygen atoms in total. The molecule has 1 N–H and O–H groups in total. The maximum atomic E-state index is 10.5. The molecule has 0 unspecified atom stereocenters. The van der Waals surface area contributed by atoms with Gasteiger partial charge in [-0.25, -0.2) is 0 Å². The third-order valence-corrected chi connectivity index (χ3v) is 3.18. The normalized spacial score (nSPS) is 10.4. The minimum Gasteiger partial charge on any atom is -0.495 e. The van der Waals surface area contributed by atoms with Gasteiger partial charge in [-0.1, -0.05) is 11.6 Å². The largest absolute Gasteiger partial charge is 0.495 e. The Morgan fingerprint density at radius 2 is 2.12 bits per heavy atom. The minimum atomic E-state index is -0.777. The monoisotopic (exact) mass is 256 g/mol. The van der Waals surface area contributed by atoms with Gasteiger partial charge in [-0.05, 0) is 49.4 Å². The summed E-state index contributed by atoms with van der Waals surface area (Å²) in [6, 6.07) is 1.87. The predicted octanol–water partition coefficient (Wildman–Crippen LogP) is 3.37. The van der Waals surface area contributed by atoms with Gasteiger partial charge in [0.1, 0.15) is 5.75 Å². The molecular weight excluding hydrogens is 240 g/mol. The second-order valence-corrected chi connectivity index (χ2v) is 4.47. The van der Waals surface area contributed by atoms with E-state index >= 15 is 0 Å². The zero-order valence-corrected chi connectivity index (χ0v) is 11.1. The molecule has 17 heavy (non-hydrogen) atoms. The van der Waals surface area contributed by atoms with Crippen molar-refractivity contribution in [3.8, 4) is 5.75 Å². The Bertz CT molecular complexity index is 427. The van der Waals surface area contributed by atoms with Gasteiger partial charge >= 0.3 is 5.97 Å². The van der Waals surface area contributed by atoms with Gasteiger partial charge in [0.25, 0.3) is 0 Å². The van der Waals surface area contributed by atoms with Gasteiger partial charge in [-0.3, -0.25) is 4.79 Å². The zero-order valence-electron chi connectivity index (χ0n) is 10.3. The van der Waals surface area contributed by atoms with Crippen LogP contribution in [0.1, 0.15) is 29.5 Å². The number of aryl methyl sites for hydroxylation is 1. The Morgan fingerprint density at radius 3 is 2.65 bits per heavy atom. The molecule has 0 bridgehead atoms. The molecule has 0 amide bonds. The van der Waals surface area contributed by atoms with Gasteiger partial charge in [0, 0.05) is 6.42 Å². The summed E-state index contributed by atoms with van der Waals surface area (Å²) in [7, 11) is 1.58. The fourth-order valence-corrected chi connectivity index (χ4v) is 2.21. The number of benzene rings is 1. The minimum absolute atomic E-state index is 0.161. The van der Waals surface area contributed by atoms with E-state index in [1.165, 1.54) is 0 Å². The second kappa shape index (κ2) is 5.92. The highest BCUT2D eigenvalue weighted by molar-refractivity contribution is 6.32. The van der Waals surface area contributed by atoms with E-state index in [1.54, 1.807) is 7.11 Å². The maximum Gasteiger partial charge on any atom is 0.303 e. The number of carboxylic acid groups (broad SMARTS) is 1. The van der Waals surface area contributed by atoms with E-state index in [0.29, 0.717) is 23.6 Å². The summed E-state index contributed by atoms with van der Waals surface area (Å²) in [5, 5.41) is 9.22. The Morgan fingerprint density at radius 1 is 1.47 bits per heavy atom. The average molecular weight is 257 g/mol. The molecule has 0 aromatic heterocycles. The van der Waals surface area contributed by atoms with Crippen molar-refractivity contribution in [3.05, 3.63) is 27.8 Å². The van der Waals surface area contributed by atoms with Crippen LogP contribution < -0.4 is 4.74 Å². The first-order valence-electron chi connectivity index (χ1n) is 5.51. The molecule has 0 saturated heterocycles. The summed E-state index contributed by atoms with van der Waals surface area (Å²) in [5.74, 6) is -0.111. The van der Waals surface area contributed by atoms with E-state index in [4.69, 9.17) is 21.4 Å². The number of carboxylic acids is 1. The molecule has 4 heteroatoms. The average Bonchev–Trinajstić information content (AvgIpc) is 2.24. The van der Waals surface area contributed by atoms with Crippen molar-refractivity contribution in [1.29, 1.82) is 0 Å². The Labute approximate surface area is 106 Å². The van der Waals surface area contributed by atoms with Crippen molar-refractivity contribution in [2.75, 3.05) is 7.11 Å². The van der Waals surface area contributed by atoms with Crippen LogP contribution in [0, 0.1) is 13.8 Å². The number of hydrogen-bond donors (Lipinski definition) is 1. The number of carbonyl (C=O) groups is 1. The fraction of sp³-hybridized carbons (Fsp3) is 0.462. The summed E-state index contributed by atoms with van der Waals surface area (Å²) < 4.78 is 5.29. The van der Waals surface area contributed by atoms with E-state index < -0.39 is 5.97 Å². The molecule has 1 rings (SSSR count). The lowest BCUT2D eigenvalue weighted by Crippen LogP contribution is -2.01. The molecule has 0 aliphatic carbocycles. The molecule has 1 aromatic carbocycles. The molecule has 0 heterocycles. The van der Waals surface area contributed by atoms with Crippen LogP contribution >= 0.6 is 11.6 Å². The van der Waals surface area contributed by atoms with Gasteiger partial charge in [0.2, 0.25) is 0 Å². The topological polar surface area (TPSA) is 46.5 Å². The Balaban J connectivity index is 2.99. The van der Waals surface area contributed by atoms with Gasteiger partial charge in [-0.15, -0.1) is 0 Å². The van der Waals surface area contributed by atoms with Gasteiger partial charge < -0.3 is 9.84 Å². The standard InChI is InChI=1S/C13H17ClO3/c1-8-7-11(14)13(17-3)10(9(8)2)5-4-6-12(15)16/h7H,4-6H2,1-3H3,(H,15,16). The van der Waals surface area contributed by atoms with Crippen LogP contribution in [0.25, 0.3) is 0 Å². The quantitative estimate of drug-likeness (QED) is 0.879. The van der Waals surface area contributed by atoms with E-state index in [1.807, 2.05) is 19.9 Å². The molecule has 0 aliphatic rings. The smallest absolute Gasteiger partial charge is 0.303 e. The summed E-state index contributed by atoms with van der Waals surface area (Å²) >= 11 is 6.11. The zero-order chi connectivity index (χ0) is 13.0. The van der Waals surface area contributed by atoms with Crippen molar-refractivity contribution in [2.24, 2.45) is 0 Å². The number of methoxy groups -OCH3 is 1. The van der Waals surface area contributed by atoms with Gasteiger partial charge in [0.05, 0.1) is 12.1 Å². The van der Waals surface area contributed by atoms with Crippen LogP contribution in [0.15, 0.2) is 6.07 Å². The predicted molar refractivity (Wildman–Crippen MR) is 68.1 cm³/mol. The molecule has 0 saturated carbocycles. The maximum absolute atomic E-state index is 10.5. The molecule has 0 spiro atoms. The summed E-state index contributed by atoms with van der Waals surface area (Å²) in [5.41, 5.74) is 3.23. The van der Waals surface area contributed by atoms with E-state index in [9.17, 15) is 4.79 Å². The first-order valence-corrected chi connectivity index (χ1v) is 5.89. The van der Waals surface area contributed by atoms with Crippen molar-refractivity contribution in [1.82, 2.24) is 0 Å². The lowest BCUT2D eigenvalue weighted by atomic mass is 9.97. The van der Waals surface area contributed by atoms with Crippen molar-refractivity contribution >= 4 is 17.6 Å². The van der Waals surface area contributed by atoms with Crippen LogP contribution in [0.4, 0.5) is 0 Å². The summed E-state index contributed by atoms with van der Waals surface area (Å²) in [6.07, 6.45) is 1.42. The lowest BCUT2D eigenvalue weighted by molar-refractivity contribution is -0.137. The van der Waals surface area contributed by atoms with Gasteiger partial charge in [0.15, 0.2) is 0 Å². The van der Waals surface area contributed by atoms with Crippen molar-refractivity contribution in [3.63, 3.8) is 0 Å². The first-order chi connectivity index (χ1) is 7.97. The number of hydrogen-bond acceptors (Lipinski definition) is 2. The van der Waals surface area contributed by atoms with Crippen LogP contribution in [0.3, 0.4) is 0 Å². The molecule has 94 valence electrons. The van der Waals surface area contributed by atoms with Gasteiger partial charge in [-0.2, -0.15) is 0 Å². The van der Waals surface area contributed by atoms with E-state index in [0.717, 1.165) is 16.7 Å². The molecule has 0 radical (unpaired) electrons. The molecule has 0 aliphatic heterocycles. The number of aliphatic carboxylic acids is 1. The third kappa shape index (κ3) is 3.37. The number of halogens is 1. The molecule has 0 fully saturated rings.